The molecule has 1 saturated heterocycles. The first kappa shape index (κ1) is 8.01. The second kappa shape index (κ2) is 2.58. The summed E-state index contributed by atoms with van der Waals surface area (Å²) in [6, 6.07) is 6.69. The maximum atomic E-state index is 3.58. The molecule has 0 radical (unpaired) electrons. The molecule has 1 aromatic rings. The predicted molar refractivity (Wildman–Crippen MR) is 56.8 cm³/mol. The fourth-order valence-electron chi connectivity index (χ4n) is 2.56. The topological polar surface area (TPSA) is 12.0 Å². The molecule has 0 saturated carbocycles. The van der Waals surface area contributed by atoms with E-state index >= 15 is 0 Å². The van der Waals surface area contributed by atoms with Crippen molar-refractivity contribution in [3.63, 3.8) is 0 Å². The van der Waals surface area contributed by atoms with Crippen LogP contribution in [-0.2, 0) is 12.0 Å². The summed E-state index contributed by atoms with van der Waals surface area (Å²) in [7, 11) is 0. The zero-order valence-corrected chi connectivity index (χ0v) is 9.02. The Morgan fingerprint density at radius 2 is 2.15 bits per heavy atom. The minimum Gasteiger partial charge on any atom is -0.307 e. The highest BCUT2D eigenvalue weighted by molar-refractivity contribution is 9.10. The Morgan fingerprint density at radius 3 is 2.85 bits per heavy atom. The summed E-state index contributed by atoms with van der Waals surface area (Å²) in [5, 5.41) is 3.58. The second-order valence-corrected chi connectivity index (χ2v) is 4.98. The van der Waals surface area contributed by atoms with E-state index in [1.165, 1.54) is 41.4 Å². The van der Waals surface area contributed by atoms with Gasteiger partial charge >= 0.3 is 0 Å². The number of hydrogen-bond acceptors (Lipinski definition) is 1. The summed E-state index contributed by atoms with van der Waals surface area (Å²) in [6.45, 7) is 1.19. The number of halogens is 1. The molecular weight excluding hydrogens is 226 g/mol. The summed E-state index contributed by atoms with van der Waals surface area (Å²) in [5.74, 6) is 0. The van der Waals surface area contributed by atoms with Crippen LogP contribution in [0.2, 0.25) is 0 Å². The quantitative estimate of drug-likeness (QED) is 0.732. The van der Waals surface area contributed by atoms with Crippen LogP contribution in [0.5, 0.6) is 0 Å². The van der Waals surface area contributed by atoms with E-state index in [1.54, 1.807) is 0 Å². The van der Waals surface area contributed by atoms with Crippen molar-refractivity contribution in [3.8, 4) is 0 Å². The highest BCUT2D eigenvalue weighted by Crippen LogP contribution is 2.44. The number of benzene rings is 1. The molecule has 0 aromatic heterocycles. The Hall–Kier alpha value is -0.340. The lowest BCUT2D eigenvalue weighted by atomic mass is 9.82. The van der Waals surface area contributed by atoms with Crippen LogP contribution in [-0.4, -0.2) is 6.54 Å². The monoisotopic (exact) mass is 237 g/mol. The Morgan fingerprint density at radius 1 is 1.31 bits per heavy atom. The van der Waals surface area contributed by atoms with Crippen LogP contribution >= 0.6 is 15.9 Å². The van der Waals surface area contributed by atoms with Crippen molar-refractivity contribution in [1.82, 2.24) is 5.32 Å². The normalized spacial score (nSPS) is 30.2. The molecule has 2 aliphatic rings. The third kappa shape index (κ3) is 1.02. The molecule has 2 heteroatoms. The number of rotatable bonds is 0. The van der Waals surface area contributed by atoms with Gasteiger partial charge in [-0.2, -0.15) is 0 Å². The largest absolute Gasteiger partial charge is 0.307 e. The molecule has 13 heavy (non-hydrogen) atoms. The molecule has 1 nitrogen and oxygen atoms in total. The number of aryl methyl sites for hydroxylation is 1. The molecule has 1 aromatic carbocycles. The average molecular weight is 238 g/mol. The molecule has 0 amide bonds. The molecule has 0 unspecified atom stereocenters. The second-order valence-electron chi connectivity index (χ2n) is 4.06. The first-order valence-electron chi connectivity index (χ1n) is 4.84. The first-order chi connectivity index (χ1) is 6.30. The number of fused-ring (bicyclic) bond motifs is 2. The first-order valence-corrected chi connectivity index (χ1v) is 5.63. The average Bonchev–Trinajstić information content (AvgIpc) is 2.41. The maximum absolute atomic E-state index is 3.58. The summed E-state index contributed by atoms with van der Waals surface area (Å²) >= 11 is 3.54. The highest BCUT2D eigenvalue weighted by Gasteiger charge is 2.42. The van der Waals surface area contributed by atoms with Gasteiger partial charge in [-0.05, 0) is 49.1 Å². The molecule has 1 atom stereocenters. The van der Waals surface area contributed by atoms with Gasteiger partial charge in [0.25, 0.3) is 0 Å². The Balaban J connectivity index is 2.14. The van der Waals surface area contributed by atoms with Gasteiger partial charge in [0.15, 0.2) is 0 Å². The van der Waals surface area contributed by atoms with Gasteiger partial charge in [-0.1, -0.05) is 22.0 Å². The molecule has 1 aliphatic heterocycles. The van der Waals surface area contributed by atoms with Gasteiger partial charge in [-0.25, -0.2) is 0 Å². The molecule has 68 valence electrons. The van der Waals surface area contributed by atoms with E-state index in [1.807, 2.05) is 0 Å². The third-order valence-corrected chi connectivity index (χ3v) is 3.92. The molecule has 0 bridgehead atoms. The summed E-state index contributed by atoms with van der Waals surface area (Å²) in [6.07, 6.45) is 3.85. The lowest BCUT2D eigenvalue weighted by Gasteiger charge is -2.41. The van der Waals surface area contributed by atoms with Gasteiger partial charge in [-0.15, -0.1) is 0 Å². The Kier molecular flexibility index (Phi) is 1.59. The standard InChI is InChI=1S/C11H12BrN/c12-9-2-1-8-3-4-11(5-6-13-11)10(8)7-9/h1-2,7,13H,3-6H2/t11-/m1/s1. The molecule has 1 heterocycles. The van der Waals surface area contributed by atoms with E-state index in [4.69, 9.17) is 0 Å². The minimum atomic E-state index is 0.360. The van der Waals surface area contributed by atoms with Crippen molar-refractivity contribution in [1.29, 1.82) is 0 Å². The molecule has 1 fully saturated rings. The van der Waals surface area contributed by atoms with E-state index < -0.39 is 0 Å². The fraction of sp³-hybridized carbons (Fsp3) is 0.455. The lowest BCUT2D eigenvalue weighted by molar-refractivity contribution is 0.210. The van der Waals surface area contributed by atoms with Gasteiger partial charge in [0.05, 0.1) is 0 Å². The Bertz CT molecular complexity index is 355. The molecule has 3 rings (SSSR count). The zero-order chi connectivity index (χ0) is 8.89. The van der Waals surface area contributed by atoms with Crippen LogP contribution in [0.3, 0.4) is 0 Å². The maximum Gasteiger partial charge on any atom is 0.0453 e. The van der Waals surface area contributed by atoms with Gasteiger partial charge in [0, 0.05) is 10.0 Å². The smallest absolute Gasteiger partial charge is 0.0453 e. The van der Waals surface area contributed by atoms with Crippen molar-refractivity contribution in [2.75, 3.05) is 6.54 Å². The summed E-state index contributed by atoms with van der Waals surface area (Å²) in [5.41, 5.74) is 3.43. The zero-order valence-electron chi connectivity index (χ0n) is 7.44. The van der Waals surface area contributed by atoms with E-state index in [-0.39, 0.29) is 0 Å². The molecular formula is C11H12BrN. The van der Waals surface area contributed by atoms with E-state index in [2.05, 4.69) is 39.4 Å². The molecule has 1 N–H and O–H groups in total. The molecule has 1 spiro atoms. The lowest BCUT2D eigenvalue weighted by Crippen LogP contribution is -2.52. The number of nitrogens with one attached hydrogen (secondary N) is 1. The van der Waals surface area contributed by atoms with Crippen LogP contribution in [0, 0.1) is 0 Å². The van der Waals surface area contributed by atoms with E-state index in [0.717, 1.165) is 0 Å². The molecule has 1 aliphatic carbocycles. The van der Waals surface area contributed by atoms with Gasteiger partial charge in [0.1, 0.15) is 0 Å². The Labute approximate surface area is 86.7 Å². The number of hydrogen-bond donors (Lipinski definition) is 1. The van der Waals surface area contributed by atoms with Crippen LogP contribution in [0.4, 0.5) is 0 Å². The van der Waals surface area contributed by atoms with Crippen molar-refractivity contribution >= 4 is 15.9 Å². The summed E-state index contributed by atoms with van der Waals surface area (Å²) < 4.78 is 1.21. The van der Waals surface area contributed by atoms with Crippen LogP contribution in [0.15, 0.2) is 22.7 Å². The van der Waals surface area contributed by atoms with Gasteiger partial charge < -0.3 is 5.32 Å². The van der Waals surface area contributed by atoms with Crippen LogP contribution in [0.25, 0.3) is 0 Å². The predicted octanol–water partition coefficient (Wildman–Crippen LogP) is 2.58. The third-order valence-electron chi connectivity index (χ3n) is 3.42. The SMILES string of the molecule is Brc1ccc2c(c1)[C@]1(CCN1)CC2. The van der Waals surface area contributed by atoms with Crippen LogP contribution in [0.1, 0.15) is 24.0 Å². The van der Waals surface area contributed by atoms with E-state index in [0.29, 0.717) is 5.54 Å². The van der Waals surface area contributed by atoms with Crippen molar-refractivity contribution in [2.24, 2.45) is 0 Å². The van der Waals surface area contributed by atoms with Gasteiger partial charge in [0.2, 0.25) is 0 Å². The summed E-state index contributed by atoms with van der Waals surface area (Å²) in [4.78, 5) is 0. The van der Waals surface area contributed by atoms with Crippen molar-refractivity contribution < 1.29 is 0 Å². The van der Waals surface area contributed by atoms with Crippen molar-refractivity contribution in [2.45, 2.75) is 24.8 Å². The van der Waals surface area contributed by atoms with Crippen molar-refractivity contribution in [3.05, 3.63) is 33.8 Å². The fourth-order valence-corrected chi connectivity index (χ4v) is 2.93. The van der Waals surface area contributed by atoms with E-state index in [9.17, 15) is 0 Å². The minimum absolute atomic E-state index is 0.360. The van der Waals surface area contributed by atoms with Gasteiger partial charge in [-0.3, -0.25) is 0 Å². The highest BCUT2D eigenvalue weighted by atomic mass is 79.9. The van der Waals surface area contributed by atoms with Crippen LogP contribution < -0.4 is 5.32 Å².